The summed E-state index contributed by atoms with van der Waals surface area (Å²) in [5, 5.41) is 9.81. The van der Waals surface area contributed by atoms with Gasteiger partial charge in [-0.05, 0) is 24.6 Å². The highest BCUT2D eigenvalue weighted by atomic mass is 16.5. The molecule has 0 amide bonds. The maximum absolute atomic E-state index is 9.81. The van der Waals surface area contributed by atoms with Crippen molar-refractivity contribution < 1.29 is 14.6 Å². The van der Waals surface area contributed by atoms with Crippen LogP contribution < -0.4 is 9.47 Å². The van der Waals surface area contributed by atoms with E-state index in [1.54, 1.807) is 12.1 Å². The van der Waals surface area contributed by atoms with Crippen LogP contribution in [0, 0.1) is 0 Å². The maximum atomic E-state index is 9.81. The normalized spacial score (nSPS) is 14.3. The van der Waals surface area contributed by atoms with Gasteiger partial charge in [0, 0.05) is 18.2 Å². The lowest BCUT2D eigenvalue weighted by molar-refractivity contribution is 0.340. The molecule has 4 heteroatoms. The van der Waals surface area contributed by atoms with Crippen LogP contribution in [0.15, 0.2) is 28.9 Å². The van der Waals surface area contributed by atoms with Gasteiger partial charge in [0.05, 0.1) is 19.9 Å². The number of benzene rings is 1. The summed E-state index contributed by atoms with van der Waals surface area (Å²) in [6.07, 6.45) is 2.66. The lowest BCUT2D eigenvalue weighted by Gasteiger charge is -2.11. The third-order valence-corrected chi connectivity index (χ3v) is 2.70. The summed E-state index contributed by atoms with van der Waals surface area (Å²) >= 11 is 0. The van der Waals surface area contributed by atoms with Gasteiger partial charge >= 0.3 is 0 Å². The van der Waals surface area contributed by atoms with Crippen molar-refractivity contribution in [1.82, 2.24) is 0 Å². The molecule has 0 bridgehead atoms. The topological polar surface area (TPSA) is 51.0 Å². The Bertz CT molecular complexity index is 478. The van der Waals surface area contributed by atoms with Crippen LogP contribution >= 0.6 is 0 Å². The molecule has 1 aromatic carbocycles. The van der Waals surface area contributed by atoms with Crippen molar-refractivity contribution in [2.45, 2.75) is 13.3 Å². The van der Waals surface area contributed by atoms with Gasteiger partial charge in [-0.1, -0.05) is 0 Å². The number of phenolic OH excluding ortho intramolecular Hbond substituents is 1. The molecule has 1 aliphatic heterocycles. The predicted molar refractivity (Wildman–Crippen MR) is 66.1 cm³/mol. The zero-order valence-electron chi connectivity index (χ0n) is 10.2. The highest BCUT2D eigenvalue weighted by molar-refractivity contribution is 6.04. The summed E-state index contributed by atoms with van der Waals surface area (Å²) in [7, 11) is 3.02. The molecular weight excluding hydrogens is 218 g/mol. The van der Waals surface area contributed by atoms with Gasteiger partial charge in [-0.2, -0.15) is 0 Å². The van der Waals surface area contributed by atoms with Gasteiger partial charge in [0.1, 0.15) is 0 Å². The molecule has 0 aliphatic carbocycles. The quantitative estimate of drug-likeness (QED) is 0.872. The predicted octanol–water partition coefficient (Wildman–Crippen LogP) is 2.51. The number of ether oxygens (including phenoxy) is 2. The Labute approximate surface area is 100 Å². The Hall–Kier alpha value is -1.97. The Morgan fingerprint density at radius 2 is 1.76 bits per heavy atom. The van der Waals surface area contributed by atoms with E-state index < -0.39 is 0 Å². The number of aliphatic imine (C=N–C) groups is 1. The molecule has 2 rings (SSSR count). The molecule has 1 heterocycles. The fraction of sp³-hybridized carbons (Fsp3) is 0.308. The Morgan fingerprint density at radius 1 is 1.18 bits per heavy atom. The number of methoxy groups -OCH3 is 2. The number of hydrogen-bond acceptors (Lipinski definition) is 4. The van der Waals surface area contributed by atoms with Crippen LogP contribution in [0.1, 0.15) is 18.9 Å². The fourth-order valence-corrected chi connectivity index (χ4v) is 1.78. The second kappa shape index (κ2) is 4.49. The summed E-state index contributed by atoms with van der Waals surface area (Å²) in [5.74, 6) is 0.806. The molecule has 17 heavy (non-hydrogen) atoms. The molecular formula is C13H15NO3. The van der Waals surface area contributed by atoms with E-state index in [1.807, 2.05) is 13.1 Å². The van der Waals surface area contributed by atoms with Crippen LogP contribution in [-0.2, 0) is 0 Å². The molecule has 0 unspecified atom stereocenters. The molecule has 0 saturated heterocycles. The molecule has 1 N–H and O–H groups in total. The number of phenols is 1. The van der Waals surface area contributed by atoms with Gasteiger partial charge in [0.25, 0.3) is 0 Å². The lowest BCUT2D eigenvalue weighted by Crippen LogP contribution is -2.00. The highest BCUT2D eigenvalue weighted by Crippen LogP contribution is 2.38. The van der Waals surface area contributed by atoms with Gasteiger partial charge in [0.15, 0.2) is 11.5 Å². The number of allylic oxidation sites excluding steroid dienone is 1. The first kappa shape index (κ1) is 11.5. The van der Waals surface area contributed by atoms with Crippen molar-refractivity contribution in [3.8, 4) is 17.2 Å². The summed E-state index contributed by atoms with van der Waals surface area (Å²) < 4.78 is 10.2. The molecule has 0 spiro atoms. The molecule has 1 aromatic rings. The first-order chi connectivity index (χ1) is 8.15. The van der Waals surface area contributed by atoms with E-state index >= 15 is 0 Å². The van der Waals surface area contributed by atoms with E-state index in [-0.39, 0.29) is 5.75 Å². The minimum atomic E-state index is 0.0158. The number of rotatable bonds is 3. The minimum Gasteiger partial charge on any atom is -0.502 e. The Kier molecular flexibility index (Phi) is 3.04. The van der Waals surface area contributed by atoms with Gasteiger partial charge in [-0.3, -0.25) is 4.99 Å². The zero-order chi connectivity index (χ0) is 12.4. The fourth-order valence-electron chi connectivity index (χ4n) is 1.78. The Balaban J connectivity index is 2.42. The first-order valence-corrected chi connectivity index (χ1v) is 5.33. The third-order valence-electron chi connectivity index (χ3n) is 2.70. The van der Waals surface area contributed by atoms with E-state index in [2.05, 4.69) is 4.99 Å². The summed E-state index contributed by atoms with van der Waals surface area (Å²) in [6, 6.07) is 3.53. The number of aromatic hydroxyl groups is 1. The summed E-state index contributed by atoms with van der Waals surface area (Å²) in [5.41, 5.74) is 3.08. The molecule has 4 nitrogen and oxygen atoms in total. The monoisotopic (exact) mass is 233 g/mol. The standard InChI is InChI=1S/C13H15NO3/c1-8-4-10(14-7-8)9-5-11(16-2)13(15)12(6-9)17-3/h5-7,15H,4H2,1-3H3. The maximum Gasteiger partial charge on any atom is 0.200 e. The van der Waals surface area contributed by atoms with Gasteiger partial charge < -0.3 is 14.6 Å². The average Bonchev–Trinajstić information content (AvgIpc) is 2.76. The second-order valence-electron chi connectivity index (χ2n) is 3.96. The van der Waals surface area contributed by atoms with Crippen molar-refractivity contribution in [3.05, 3.63) is 29.5 Å². The van der Waals surface area contributed by atoms with Crippen molar-refractivity contribution in [1.29, 1.82) is 0 Å². The van der Waals surface area contributed by atoms with E-state index in [4.69, 9.17) is 9.47 Å². The summed E-state index contributed by atoms with van der Waals surface area (Å²) in [4.78, 5) is 4.33. The highest BCUT2D eigenvalue weighted by Gasteiger charge is 2.16. The zero-order valence-corrected chi connectivity index (χ0v) is 10.2. The van der Waals surface area contributed by atoms with Crippen LogP contribution in [-0.4, -0.2) is 25.0 Å². The summed E-state index contributed by atoms with van der Waals surface area (Å²) in [6.45, 7) is 2.03. The van der Waals surface area contributed by atoms with E-state index in [9.17, 15) is 5.11 Å². The van der Waals surface area contributed by atoms with Gasteiger partial charge in [-0.15, -0.1) is 0 Å². The van der Waals surface area contributed by atoms with E-state index in [0.717, 1.165) is 17.7 Å². The smallest absolute Gasteiger partial charge is 0.200 e. The van der Waals surface area contributed by atoms with Crippen LogP contribution in [0.4, 0.5) is 0 Å². The average molecular weight is 233 g/mol. The van der Waals surface area contributed by atoms with Crippen LogP contribution in [0.5, 0.6) is 17.2 Å². The lowest BCUT2D eigenvalue weighted by atomic mass is 10.0. The van der Waals surface area contributed by atoms with Crippen molar-refractivity contribution in [3.63, 3.8) is 0 Å². The van der Waals surface area contributed by atoms with Crippen molar-refractivity contribution in [2.75, 3.05) is 14.2 Å². The minimum absolute atomic E-state index is 0.0158. The van der Waals surface area contributed by atoms with Gasteiger partial charge in [-0.25, -0.2) is 0 Å². The molecule has 90 valence electrons. The van der Waals surface area contributed by atoms with E-state index in [0.29, 0.717) is 11.5 Å². The second-order valence-corrected chi connectivity index (χ2v) is 3.96. The third kappa shape index (κ3) is 2.11. The van der Waals surface area contributed by atoms with Crippen molar-refractivity contribution >= 4 is 5.71 Å². The van der Waals surface area contributed by atoms with Crippen LogP contribution in [0.2, 0.25) is 0 Å². The van der Waals surface area contributed by atoms with Crippen LogP contribution in [0.25, 0.3) is 0 Å². The molecule has 0 fully saturated rings. The molecule has 0 radical (unpaired) electrons. The molecule has 0 saturated carbocycles. The van der Waals surface area contributed by atoms with Crippen LogP contribution in [0.3, 0.4) is 0 Å². The molecule has 0 atom stereocenters. The number of nitrogens with zero attached hydrogens (tertiary/aromatic N) is 1. The molecule has 0 aromatic heterocycles. The first-order valence-electron chi connectivity index (χ1n) is 5.33. The largest absolute Gasteiger partial charge is 0.502 e. The Morgan fingerprint density at radius 3 is 2.18 bits per heavy atom. The van der Waals surface area contributed by atoms with E-state index in [1.165, 1.54) is 19.8 Å². The van der Waals surface area contributed by atoms with Gasteiger partial charge in [0.2, 0.25) is 5.75 Å². The molecule has 1 aliphatic rings. The van der Waals surface area contributed by atoms with Crippen molar-refractivity contribution in [2.24, 2.45) is 4.99 Å². The SMILES string of the molecule is COc1cc(C2=NC=C(C)C2)cc(OC)c1O. The number of hydrogen-bond donors (Lipinski definition) is 1.